The molecule has 26 heavy (non-hydrogen) atoms. The average molecular weight is 371 g/mol. The Morgan fingerprint density at radius 1 is 1.31 bits per heavy atom. The van der Waals surface area contributed by atoms with E-state index in [4.69, 9.17) is 17.3 Å². The van der Waals surface area contributed by atoms with Crippen LogP contribution in [0.4, 0.5) is 23.0 Å². The molecule has 0 aliphatic rings. The molecule has 1 aromatic carbocycles. The number of pyridine rings is 1. The number of anilines is 4. The molecule has 0 saturated carbocycles. The number of nitrogens with two attached hydrogens (primary N) is 1. The zero-order chi connectivity index (χ0) is 18.7. The van der Waals surface area contributed by atoms with Crippen molar-refractivity contribution in [3.05, 3.63) is 58.9 Å². The van der Waals surface area contributed by atoms with Crippen molar-refractivity contribution in [1.29, 1.82) is 0 Å². The van der Waals surface area contributed by atoms with Crippen molar-refractivity contribution in [2.45, 2.75) is 20.4 Å². The van der Waals surface area contributed by atoms with Gasteiger partial charge in [-0.1, -0.05) is 23.7 Å². The second-order valence-electron chi connectivity index (χ2n) is 5.69. The third-order valence-corrected chi connectivity index (χ3v) is 4.23. The number of carbonyl (C=O) groups excluding carboxylic acids is 1. The minimum Gasteiger partial charge on any atom is -0.366 e. The van der Waals surface area contributed by atoms with Crippen molar-refractivity contribution in [3.63, 3.8) is 0 Å². The first kappa shape index (κ1) is 17.8. The molecule has 134 valence electrons. The van der Waals surface area contributed by atoms with Crippen molar-refractivity contribution in [1.82, 2.24) is 14.8 Å². The van der Waals surface area contributed by atoms with Crippen LogP contribution >= 0.6 is 11.6 Å². The van der Waals surface area contributed by atoms with E-state index in [1.165, 1.54) is 0 Å². The lowest BCUT2D eigenvalue weighted by Crippen LogP contribution is -2.14. The molecule has 2 heterocycles. The Balaban J connectivity index is 1.93. The molecule has 3 aromatic rings. The largest absolute Gasteiger partial charge is 0.366 e. The van der Waals surface area contributed by atoms with E-state index in [-0.39, 0.29) is 0 Å². The van der Waals surface area contributed by atoms with Gasteiger partial charge in [-0.05, 0) is 25.5 Å². The van der Waals surface area contributed by atoms with Crippen LogP contribution in [0, 0.1) is 6.92 Å². The van der Waals surface area contributed by atoms with Crippen LogP contribution in [0.2, 0.25) is 5.02 Å². The van der Waals surface area contributed by atoms with Crippen molar-refractivity contribution < 1.29 is 4.79 Å². The van der Waals surface area contributed by atoms with Crippen molar-refractivity contribution >= 4 is 40.5 Å². The summed E-state index contributed by atoms with van der Waals surface area (Å²) in [7, 11) is 0. The van der Waals surface area contributed by atoms with E-state index >= 15 is 0 Å². The molecule has 0 saturated heterocycles. The molecule has 8 heteroatoms. The number of aromatic nitrogens is 3. The summed E-state index contributed by atoms with van der Waals surface area (Å²) in [4.78, 5) is 16.0. The molecule has 0 aliphatic carbocycles. The maximum atomic E-state index is 11.7. The third kappa shape index (κ3) is 3.62. The Bertz CT molecular complexity index is 953. The quantitative estimate of drug-likeness (QED) is 0.612. The predicted octanol–water partition coefficient (Wildman–Crippen LogP) is 3.85. The molecule has 0 fully saturated rings. The molecular formula is C18H19ClN6O. The van der Waals surface area contributed by atoms with Crippen molar-refractivity contribution in [2.75, 3.05) is 10.6 Å². The van der Waals surface area contributed by atoms with E-state index in [0.717, 1.165) is 17.9 Å². The number of aryl methyl sites for hydroxylation is 2. The summed E-state index contributed by atoms with van der Waals surface area (Å²) >= 11 is 6.28. The number of amides is 1. The first-order valence-electron chi connectivity index (χ1n) is 8.10. The summed E-state index contributed by atoms with van der Waals surface area (Å²) in [6.45, 7) is 4.63. The number of nitrogens with zero attached hydrogens (tertiary/aromatic N) is 3. The molecule has 0 aliphatic heterocycles. The SMILES string of the molecule is CCn1nccc1Nc1cc(Nc2c(C)cccc2C(N)=O)c(Cl)cn1. The number of halogens is 1. The summed E-state index contributed by atoms with van der Waals surface area (Å²) in [6.07, 6.45) is 3.26. The summed E-state index contributed by atoms with van der Waals surface area (Å²) < 4.78 is 1.82. The van der Waals surface area contributed by atoms with Crippen LogP contribution in [-0.2, 0) is 6.54 Å². The van der Waals surface area contributed by atoms with Gasteiger partial charge in [0.05, 0.1) is 34.4 Å². The molecule has 1 amide bonds. The second kappa shape index (κ2) is 7.45. The average Bonchev–Trinajstić information content (AvgIpc) is 3.06. The number of benzene rings is 1. The van der Waals surface area contributed by atoms with E-state index in [0.29, 0.717) is 27.8 Å². The van der Waals surface area contributed by atoms with Crippen LogP contribution in [0.5, 0.6) is 0 Å². The number of hydrogen-bond donors (Lipinski definition) is 3. The van der Waals surface area contributed by atoms with Gasteiger partial charge < -0.3 is 16.4 Å². The minimum absolute atomic E-state index is 0.399. The van der Waals surface area contributed by atoms with Crippen LogP contribution in [0.15, 0.2) is 42.7 Å². The van der Waals surface area contributed by atoms with Gasteiger partial charge in [-0.2, -0.15) is 5.10 Å². The summed E-state index contributed by atoms with van der Waals surface area (Å²) in [5.41, 5.74) is 8.00. The van der Waals surface area contributed by atoms with E-state index in [9.17, 15) is 4.79 Å². The van der Waals surface area contributed by atoms with Crippen molar-refractivity contribution in [2.24, 2.45) is 5.73 Å². The highest BCUT2D eigenvalue weighted by molar-refractivity contribution is 6.33. The van der Waals surface area contributed by atoms with Gasteiger partial charge in [-0.25, -0.2) is 9.67 Å². The number of nitrogens with one attached hydrogen (secondary N) is 2. The molecular weight excluding hydrogens is 352 g/mol. The molecule has 0 atom stereocenters. The zero-order valence-corrected chi connectivity index (χ0v) is 15.2. The molecule has 0 radical (unpaired) electrons. The maximum absolute atomic E-state index is 11.7. The monoisotopic (exact) mass is 370 g/mol. The highest BCUT2D eigenvalue weighted by Crippen LogP contribution is 2.31. The highest BCUT2D eigenvalue weighted by atomic mass is 35.5. The molecule has 3 rings (SSSR count). The lowest BCUT2D eigenvalue weighted by atomic mass is 10.1. The van der Waals surface area contributed by atoms with Gasteiger partial charge in [0, 0.05) is 18.7 Å². The lowest BCUT2D eigenvalue weighted by Gasteiger charge is -2.15. The summed E-state index contributed by atoms with van der Waals surface area (Å²) in [5, 5.41) is 11.1. The smallest absolute Gasteiger partial charge is 0.250 e. The number of para-hydroxylation sites is 1. The molecule has 0 bridgehead atoms. The first-order valence-corrected chi connectivity index (χ1v) is 8.48. The van der Waals surface area contributed by atoms with E-state index < -0.39 is 5.91 Å². The number of hydrogen-bond acceptors (Lipinski definition) is 5. The van der Waals surface area contributed by atoms with Crippen LogP contribution in [0.3, 0.4) is 0 Å². The Morgan fingerprint density at radius 2 is 2.12 bits per heavy atom. The van der Waals surface area contributed by atoms with Crippen LogP contribution in [0.1, 0.15) is 22.8 Å². The fourth-order valence-electron chi connectivity index (χ4n) is 2.60. The minimum atomic E-state index is -0.508. The Kier molecular flexibility index (Phi) is 5.09. The van der Waals surface area contributed by atoms with E-state index in [1.807, 2.05) is 30.7 Å². The van der Waals surface area contributed by atoms with Gasteiger partial charge in [-0.3, -0.25) is 4.79 Å². The third-order valence-electron chi connectivity index (χ3n) is 3.93. The predicted molar refractivity (Wildman–Crippen MR) is 103 cm³/mol. The van der Waals surface area contributed by atoms with Gasteiger partial charge in [0.1, 0.15) is 11.6 Å². The molecule has 7 nitrogen and oxygen atoms in total. The van der Waals surface area contributed by atoms with E-state index in [2.05, 4.69) is 20.7 Å². The summed E-state index contributed by atoms with van der Waals surface area (Å²) in [6, 6.07) is 8.98. The topological polar surface area (TPSA) is 97.9 Å². The number of primary amides is 1. The van der Waals surface area contributed by atoms with Gasteiger partial charge in [0.2, 0.25) is 0 Å². The normalized spacial score (nSPS) is 10.6. The molecule has 4 N–H and O–H groups in total. The zero-order valence-electron chi connectivity index (χ0n) is 14.5. The van der Waals surface area contributed by atoms with Gasteiger partial charge >= 0.3 is 0 Å². The molecule has 0 unspecified atom stereocenters. The van der Waals surface area contributed by atoms with Gasteiger partial charge in [-0.15, -0.1) is 0 Å². The van der Waals surface area contributed by atoms with Crippen LogP contribution in [0.25, 0.3) is 0 Å². The van der Waals surface area contributed by atoms with E-state index in [1.54, 1.807) is 30.6 Å². The standard InChI is InChI=1S/C18H19ClN6O/c1-3-25-16(7-8-22-25)24-15-9-14(13(19)10-21-15)23-17-11(2)5-4-6-12(17)18(20)26/h4-10H,3H2,1-2H3,(H2,20,26)(H2,21,23,24). The Labute approximate surface area is 156 Å². The first-order chi connectivity index (χ1) is 12.5. The van der Waals surface area contributed by atoms with Crippen LogP contribution < -0.4 is 16.4 Å². The van der Waals surface area contributed by atoms with Gasteiger partial charge in [0.25, 0.3) is 5.91 Å². The molecule has 2 aromatic heterocycles. The Morgan fingerprint density at radius 3 is 2.85 bits per heavy atom. The highest BCUT2D eigenvalue weighted by Gasteiger charge is 2.13. The van der Waals surface area contributed by atoms with Crippen LogP contribution in [-0.4, -0.2) is 20.7 Å². The number of rotatable bonds is 6. The fraction of sp³-hybridized carbons (Fsp3) is 0.167. The fourth-order valence-corrected chi connectivity index (χ4v) is 2.75. The van der Waals surface area contributed by atoms with Crippen molar-refractivity contribution in [3.8, 4) is 0 Å². The Hall–Kier alpha value is -3.06. The molecule has 0 spiro atoms. The lowest BCUT2D eigenvalue weighted by molar-refractivity contribution is 0.100. The maximum Gasteiger partial charge on any atom is 0.250 e. The second-order valence-corrected chi connectivity index (χ2v) is 6.10. The van der Waals surface area contributed by atoms with Gasteiger partial charge in [0.15, 0.2) is 0 Å². The number of carbonyl (C=O) groups is 1. The summed E-state index contributed by atoms with van der Waals surface area (Å²) in [5.74, 6) is 0.912.